The Hall–Kier alpha value is -0.560. The minimum Gasteiger partial charge on any atom is -0.329 e. The molecule has 2 unspecified atom stereocenters. The Kier molecular flexibility index (Phi) is 4.40. The van der Waals surface area contributed by atoms with E-state index in [9.17, 15) is 0 Å². The number of nitrogens with zero attached hydrogens (tertiary/aromatic N) is 2. The van der Waals surface area contributed by atoms with Gasteiger partial charge in [0.2, 0.25) is 0 Å². The fourth-order valence-corrected chi connectivity index (χ4v) is 2.09. The van der Waals surface area contributed by atoms with Gasteiger partial charge in [-0.15, -0.1) is 6.42 Å². The number of likely N-dealkylation sites (N-methyl/N-ethyl adjacent to an activating group) is 1. The summed E-state index contributed by atoms with van der Waals surface area (Å²) < 4.78 is 0. The van der Waals surface area contributed by atoms with Crippen LogP contribution < -0.4 is 5.73 Å². The molecular formula is C11H21N3. The number of hydrogen-bond acceptors (Lipinski definition) is 3. The van der Waals surface area contributed by atoms with Gasteiger partial charge in [0.05, 0.1) is 6.04 Å². The molecule has 14 heavy (non-hydrogen) atoms. The topological polar surface area (TPSA) is 32.5 Å². The van der Waals surface area contributed by atoms with Crippen LogP contribution in [0.15, 0.2) is 0 Å². The summed E-state index contributed by atoms with van der Waals surface area (Å²) in [5.41, 5.74) is 5.77. The third-order valence-corrected chi connectivity index (χ3v) is 2.98. The van der Waals surface area contributed by atoms with Crippen molar-refractivity contribution in [3.05, 3.63) is 0 Å². The maximum Gasteiger partial charge on any atom is 0.0712 e. The van der Waals surface area contributed by atoms with Crippen LogP contribution in [-0.2, 0) is 0 Å². The summed E-state index contributed by atoms with van der Waals surface area (Å²) in [5.74, 6) is 2.85. The molecule has 2 N–H and O–H groups in total. The molecule has 0 bridgehead atoms. The average molecular weight is 195 g/mol. The number of hydrogen-bond donors (Lipinski definition) is 1. The Morgan fingerprint density at radius 3 is 2.79 bits per heavy atom. The van der Waals surface area contributed by atoms with E-state index in [0.717, 1.165) is 26.1 Å². The zero-order chi connectivity index (χ0) is 10.6. The third-order valence-electron chi connectivity index (χ3n) is 2.98. The van der Waals surface area contributed by atoms with Crippen molar-refractivity contribution in [2.75, 3.05) is 33.2 Å². The monoisotopic (exact) mass is 195 g/mol. The molecule has 0 radical (unpaired) electrons. The van der Waals surface area contributed by atoms with Crippen molar-refractivity contribution in [3.8, 4) is 12.3 Å². The number of piperazine rings is 1. The smallest absolute Gasteiger partial charge is 0.0712 e. The van der Waals surface area contributed by atoms with Gasteiger partial charge in [0.1, 0.15) is 0 Å². The van der Waals surface area contributed by atoms with Crippen LogP contribution in [-0.4, -0.2) is 55.1 Å². The van der Waals surface area contributed by atoms with Crippen molar-refractivity contribution >= 4 is 0 Å². The van der Waals surface area contributed by atoms with E-state index in [4.69, 9.17) is 12.2 Å². The molecule has 2 atom stereocenters. The molecule has 0 spiro atoms. The van der Waals surface area contributed by atoms with Gasteiger partial charge in [0.15, 0.2) is 0 Å². The van der Waals surface area contributed by atoms with E-state index >= 15 is 0 Å². The number of nitrogens with two attached hydrogens (primary N) is 1. The lowest BCUT2D eigenvalue weighted by molar-refractivity contribution is 0.0738. The summed E-state index contributed by atoms with van der Waals surface area (Å²) in [4.78, 5) is 4.69. The summed E-state index contributed by atoms with van der Waals surface area (Å²) in [7, 11) is 2.14. The van der Waals surface area contributed by atoms with Crippen molar-refractivity contribution in [1.29, 1.82) is 0 Å². The standard InChI is InChI=1S/C11H21N3/c1-4-10(5-2)14-7-6-13(3)9-11(14)8-12/h1,10-11H,5-9,12H2,2-3H3. The van der Waals surface area contributed by atoms with Crippen LogP contribution in [0, 0.1) is 12.3 Å². The second-order valence-electron chi connectivity index (χ2n) is 3.98. The first-order chi connectivity index (χ1) is 6.72. The van der Waals surface area contributed by atoms with E-state index in [1.54, 1.807) is 0 Å². The van der Waals surface area contributed by atoms with Crippen LogP contribution in [0.5, 0.6) is 0 Å². The van der Waals surface area contributed by atoms with Gasteiger partial charge in [-0.05, 0) is 13.5 Å². The van der Waals surface area contributed by atoms with Crippen LogP contribution >= 0.6 is 0 Å². The van der Waals surface area contributed by atoms with Crippen LogP contribution in [0.3, 0.4) is 0 Å². The van der Waals surface area contributed by atoms with Gasteiger partial charge in [0.25, 0.3) is 0 Å². The molecule has 3 nitrogen and oxygen atoms in total. The van der Waals surface area contributed by atoms with Gasteiger partial charge in [0, 0.05) is 32.2 Å². The highest BCUT2D eigenvalue weighted by Crippen LogP contribution is 2.13. The highest BCUT2D eigenvalue weighted by atomic mass is 15.3. The molecular weight excluding hydrogens is 174 g/mol. The SMILES string of the molecule is C#CC(CC)N1CCN(C)CC1CN. The second-order valence-corrected chi connectivity index (χ2v) is 3.98. The second kappa shape index (κ2) is 5.35. The fraction of sp³-hybridized carbons (Fsp3) is 0.818. The molecule has 0 aromatic heterocycles. The van der Waals surface area contributed by atoms with Gasteiger partial charge in [-0.2, -0.15) is 0 Å². The molecule has 1 aliphatic rings. The fourth-order valence-electron chi connectivity index (χ4n) is 2.09. The zero-order valence-corrected chi connectivity index (χ0v) is 9.24. The summed E-state index contributed by atoms with van der Waals surface area (Å²) in [5, 5.41) is 0. The molecule has 0 aliphatic carbocycles. The van der Waals surface area contributed by atoms with Gasteiger partial charge in [-0.3, -0.25) is 4.90 Å². The quantitative estimate of drug-likeness (QED) is 0.642. The summed E-state index contributed by atoms with van der Waals surface area (Å²) in [6, 6.07) is 0.687. The van der Waals surface area contributed by atoms with Crippen molar-refractivity contribution in [3.63, 3.8) is 0 Å². The van der Waals surface area contributed by atoms with Crippen LogP contribution in [0.4, 0.5) is 0 Å². The molecule has 80 valence electrons. The van der Waals surface area contributed by atoms with Crippen molar-refractivity contribution < 1.29 is 0 Å². The molecule has 1 rings (SSSR count). The predicted octanol–water partition coefficient (Wildman–Crippen LogP) is -0.0271. The lowest BCUT2D eigenvalue weighted by Gasteiger charge is -2.42. The lowest BCUT2D eigenvalue weighted by Crippen LogP contribution is -2.57. The van der Waals surface area contributed by atoms with E-state index in [2.05, 4.69) is 29.7 Å². The maximum atomic E-state index is 5.77. The minimum atomic E-state index is 0.261. The number of rotatable bonds is 3. The highest BCUT2D eigenvalue weighted by molar-refractivity contribution is 5.02. The summed E-state index contributed by atoms with van der Waals surface area (Å²) in [6.45, 7) is 6.00. The van der Waals surface area contributed by atoms with E-state index in [1.807, 2.05) is 0 Å². The summed E-state index contributed by atoms with van der Waals surface area (Å²) >= 11 is 0. The first-order valence-electron chi connectivity index (χ1n) is 5.33. The molecule has 0 amide bonds. The van der Waals surface area contributed by atoms with Gasteiger partial charge < -0.3 is 10.6 Å². The largest absolute Gasteiger partial charge is 0.329 e. The van der Waals surface area contributed by atoms with E-state index in [1.165, 1.54) is 0 Å². The van der Waals surface area contributed by atoms with Crippen LogP contribution in [0.1, 0.15) is 13.3 Å². The molecule has 1 saturated heterocycles. The Balaban J connectivity index is 2.62. The Morgan fingerprint density at radius 2 is 2.29 bits per heavy atom. The van der Waals surface area contributed by atoms with E-state index in [-0.39, 0.29) is 6.04 Å². The molecule has 1 aliphatic heterocycles. The first-order valence-corrected chi connectivity index (χ1v) is 5.33. The van der Waals surface area contributed by atoms with Crippen molar-refractivity contribution in [1.82, 2.24) is 9.80 Å². The van der Waals surface area contributed by atoms with Crippen molar-refractivity contribution in [2.24, 2.45) is 5.73 Å². The van der Waals surface area contributed by atoms with Gasteiger partial charge in [-0.25, -0.2) is 0 Å². The van der Waals surface area contributed by atoms with E-state index in [0.29, 0.717) is 12.6 Å². The molecule has 0 aromatic rings. The lowest BCUT2D eigenvalue weighted by atomic mass is 10.1. The molecule has 1 fully saturated rings. The first kappa shape index (κ1) is 11.5. The predicted molar refractivity (Wildman–Crippen MR) is 60.0 cm³/mol. The van der Waals surface area contributed by atoms with Crippen LogP contribution in [0.2, 0.25) is 0 Å². The Morgan fingerprint density at radius 1 is 1.57 bits per heavy atom. The molecule has 3 heteroatoms. The zero-order valence-electron chi connectivity index (χ0n) is 9.24. The average Bonchev–Trinajstić information content (AvgIpc) is 2.21. The van der Waals surface area contributed by atoms with Gasteiger partial charge in [-0.1, -0.05) is 12.8 Å². The molecule has 0 saturated carbocycles. The normalized spacial score (nSPS) is 27.1. The summed E-state index contributed by atoms with van der Waals surface area (Å²) in [6.07, 6.45) is 6.53. The van der Waals surface area contributed by atoms with Gasteiger partial charge >= 0.3 is 0 Å². The third kappa shape index (κ3) is 2.48. The minimum absolute atomic E-state index is 0.261. The highest BCUT2D eigenvalue weighted by Gasteiger charge is 2.27. The van der Waals surface area contributed by atoms with Crippen LogP contribution in [0.25, 0.3) is 0 Å². The number of terminal acetylenes is 1. The van der Waals surface area contributed by atoms with E-state index < -0.39 is 0 Å². The molecule has 0 aromatic carbocycles. The van der Waals surface area contributed by atoms with Crippen molar-refractivity contribution in [2.45, 2.75) is 25.4 Å². The Bertz CT molecular complexity index is 209. The molecule has 1 heterocycles. The Labute approximate surface area is 87.2 Å². The maximum absolute atomic E-state index is 5.77.